The third-order valence-corrected chi connectivity index (χ3v) is 5.39. The third-order valence-electron chi connectivity index (χ3n) is 5.39. The number of ether oxygens (including phenoxy) is 1. The van der Waals surface area contributed by atoms with Gasteiger partial charge in [-0.25, -0.2) is 9.78 Å². The fraction of sp³-hybridized carbons (Fsp3) is 0.318. The molecule has 3 aromatic heterocycles. The summed E-state index contributed by atoms with van der Waals surface area (Å²) < 4.78 is 41.7. The maximum Gasteiger partial charge on any atom is 0.490 e. The van der Waals surface area contributed by atoms with Gasteiger partial charge in [-0.15, -0.1) is 0 Å². The van der Waals surface area contributed by atoms with Crippen molar-refractivity contribution in [1.29, 1.82) is 0 Å². The Morgan fingerprint density at radius 1 is 1.18 bits per heavy atom. The third kappa shape index (κ3) is 4.86. The van der Waals surface area contributed by atoms with Crippen molar-refractivity contribution in [2.75, 3.05) is 13.1 Å². The summed E-state index contributed by atoms with van der Waals surface area (Å²) in [5, 5.41) is 0. The SMILES string of the molecule is Cc1nc(-c2cc(-c3cncc(C(=O)N4CC[C@H](OC(=O)C(F)(F)F)C4)c3)ccn2)[nH]c1C. The van der Waals surface area contributed by atoms with Gasteiger partial charge in [0.05, 0.1) is 17.8 Å². The number of halogens is 3. The quantitative estimate of drug-likeness (QED) is 0.600. The standard InChI is InChI=1S/C22H20F3N5O3/c1-12-13(2)29-19(28-12)18-8-14(3-5-27-18)15-7-16(10-26-9-15)20(31)30-6-4-17(11-30)33-21(32)22(23,24)25/h3,5,7-10,17H,4,6,11H2,1-2H3,(H,28,29)/t17-/m0/s1. The number of esters is 1. The molecule has 1 fully saturated rings. The summed E-state index contributed by atoms with van der Waals surface area (Å²) in [6, 6.07) is 5.26. The Morgan fingerprint density at radius 2 is 1.97 bits per heavy atom. The Morgan fingerprint density at radius 3 is 2.67 bits per heavy atom. The number of hydrogen-bond donors (Lipinski definition) is 1. The number of aryl methyl sites for hydroxylation is 2. The minimum atomic E-state index is -5.06. The molecule has 4 heterocycles. The number of amides is 1. The number of nitrogens with zero attached hydrogens (tertiary/aromatic N) is 4. The fourth-order valence-electron chi connectivity index (χ4n) is 3.53. The minimum absolute atomic E-state index is 0.110. The van der Waals surface area contributed by atoms with Crippen LogP contribution in [0.4, 0.5) is 13.2 Å². The van der Waals surface area contributed by atoms with Gasteiger partial charge in [-0.05, 0) is 37.6 Å². The predicted octanol–water partition coefficient (Wildman–Crippen LogP) is 3.47. The first-order valence-electron chi connectivity index (χ1n) is 10.1. The van der Waals surface area contributed by atoms with Gasteiger partial charge in [0.2, 0.25) is 0 Å². The van der Waals surface area contributed by atoms with Gasteiger partial charge in [-0.2, -0.15) is 13.2 Å². The number of aromatic nitrogens is 4. The summed E-state index contributed by atoms with van der Waals surface area (Å²) in [5.74, 6) is -2.02. The van der Waals surface area contributed by atoms with Crippen molar-refractivity contribution in [1.82, 2.24) is 24.8 Å². The smallest absolute Gasteiger partial charge is 0.454 e. The van der Waals surface area contributed by atoms with Crippen LogP contribution < -0.4 is 0 Å². The largest absolute Gasteiger partial charge is 0.490 e. The van der Waals surface area contributed by atoms with Crippen LogP contribution in [0.25, 0.3) is 22.6 Å². The molecule has 1 N–H and O–H groups in total. The molecular weight excluding hydrogens is 439 g/mol. The highest BCUT2D eigenvalue weighted by molar-refractivity contribution is 5.95. The van der Waals surface area contributed by atoms with E-state index in [0.29, 0.717) is 17.1 Å². The number of rotatable bonds is 4. The maximum atomic E-state index is 12.9. The fourth-order valence-corrected chi connectivity index (χ4v) is 3.53. The number of carbonyl (C=O) groups is 2. The molecule has 0 spiro atoms. The first-order chi connectivity index (χ1) is 15.6. The molecular formula is C22H20F3N5O3. The van der Waals surface area contributed by atoms with E-state index in [0.717, 1.165) is 17.0 Å². The lowest BCUT2D eigenvalue weighted by atomic mass is 10.1. The van der Waals surface area contributed by atoms with Crippen LogP contribution in [0, 0.1) is 13.8 Å². The zero-order valence-electron chi connectivity index (χ0n) is 17.8. The van der Waals surface area contributed by atoms with E-state index in [2.05, 4.69) is 24.7 Å². The normalized spacial score (nSPS) is 16.2. The van der Waals surface area contributed by atoms with E-state index in [-0.39, 0.29) is 25.1 Å². The van der Waals surface area contributed by atoms with Gasteiger partial charge in [0.15, 0.2) is 5.82 Å². The molecule has 1 aliphatic rings. The molecule has 0 aliphatic carbocycles. The van der Waals surface area contributed by atoms with Crippen molar-refractivity contribution >= 4 is 11.9 Å². The highest BCUT2D eigenvalue weighted by Crippen LogP contribution is 2.26. The summed E-state index contributed by atoms with van der Waals surface area (Å²) in [6.07, 6.45) is -1.30. The number of H-pyrrole nitrogens is 1. The van der Waals surface area contributed by atoms with Gasteiger partial charge in [-0.3, -0.25) is 14.8 Å². The second kappa shape index (κ2) is 8.64. The molecule has 1 saturated heterocycles. The zero-order valence-corrected chi connectivity index (χ0v) is 17.8. The van der Waals surface area contributed by atoms with Crippen molar-refractivity contribution in [2.24, 2.45) is 0 Å². The monoisotopic (exact) mass is 459 g/mol. The van der Waals surface area contributed by atoms with Crippen LogP contribution in [0.15, 0.2) is 36.8 Å². The van der Waals surface area contributed by atoms with Crippen molar-refractivity contribution < 1.29 is 27.5 Å². The molecule has 1 amide bonds. The number of hydrogen-bond acceptors (Lipinski definition) is 6. The molecule has 0 aromatic carbocycles. The number of likely N-dealkylation sites (tertiary alicyclic amines) is 1. The highest BCUT2D eigenvalue weighted by Gasteiger charge is 2.43. The van der Waals surface area contributed by atoms with Gasteiger partial charge in [-0.1, -0.05) is 0 Å². The van der Waals surface area contributed by atoms with E-state index < -0.39 is 24.2 Å². The topological polar surface area (TPSA) is 101 Å². The molecule has 33 heavy (non-hydrogen) atoms. The molecule has 1 atom stereocenters. The molecule has 172 valence electrons. The molecule has 8 nitrogen and oxygen atoms in total. The predicted molar refractivity (Wildman–Crippen MR) is 111 cm³/mol. The van der Waals surface area contributed by atoms with Crippen molar-refractivity contribution in [3.05, 3.63) is 53.7 Å². The Hall–Kier alpha value is -3.76. The first kappa shape index (κ1) is 22.4. The van der Waals surface area contributed by atoms with Gasteiger partial charge in [0.1, 0.15) is 11.8 Å². The van der Waals surface area contributed by atoms with Gasteiger partial charge >= 0.3 is 12.1 Å². The Labute approximate surface area is 186 Å². The number of carbonyl (C=O) groups excluding carboxylic acids is 2. The number of alkyl halides is 3. The van der Waals surface area contributed by atoms with Crippen LogP contribution in [-0.2, 0) is 9.53 Å². The van der Waals surface area contributed by atoms with Crippen LogP contribution in [0.5, 0.6) is 0 Å². The Balaban J connectivity index is 1.50. The average molecular weight is 459 g/mol. The van der Waals surface area contributed by atoms with Crippen molar-refractivity contribution in [3.63, 3.8) is 0 Å². The lowest BCUT2D eigenvalue weighted by Crippen LogP contribution is -2.34. The molecule has 11 heteroatoms. The van der Waals surface area contributed by atoms with Gasteiger partial charge in [0, 0.05) is 42.8 Å². The Bertz CT molecular complexity index is 1190. The number of aromatic amines is 1. The van der Waals surface area contributed by atoms with Crippen LogP contribution in [0.2, 0.25) is 0 Å². The van der Waals surface area contributed by atoms with Crippen LogP contribution in [0.3, 0.4) is 0 Å². The van der Waals surface area contributed by atoms with E-state index in [4.69, 9.17) is 0 Å². The summed E-state index contributed by atoms with van der Waals surface area (Å²) >= 11 is 0. The van der Waals surface area contributed by atoms with E-state index in [1.807, 2.05) is 19.9 Å². The van der Waals surface area contributed by atoms with Crippen molar-refractivity contribution in [2.45, 2.75) is 32.5 Å². The summed E-state index contributed by atoms with van der Waals surface area (Å²) in [7, 11) is 0. The maximum absolute atomic E-state index is 12.9. The van der Waals surface area contributed by atoms with Gasteiger partial charge < -0.3 is 14.6 Å². The molecule has 0 unspecified atom stereocenters. The number of imidazole rings is 1. The summed E-state index contributed by atoms with van der Waals surface area (Å²) in [6.45, 7) is 3.88. The minimum Gasteiger partial charge on any atom is -0.454 e. The summed E-state index contributed by atoms with van der Waals surface area (Å²) in [4.78, 5) is 41.4. The lowest BCUT2D eigenvalue weighted by molar-refractivity contribution is -0.204. The molecule has 4 rings (SSSR count). The molecule has 0 saturated carbocycles. The second-order valence-electron chi connectivity index (χ2n) is 7.75. The lowest BCUT2D eigenvalue weighted by Gasteiger charge is -2.17. The number of pyridine rings is 2. The van der Waals surface area contributed by atoms with E-state index >= 15 is 0 Å². The van der Waals surface area contributed by atoms with Crippen molar-refractivity contribution in [3.8, 4) is 22.6 Å². The van der Waals surface area contributed by atoms with Gasteiger partial charge in [0.25, 0.3) is 5.91 Å². The average Bonchev–Trinajstić information content (AvgIpc) is 3.39. The number of nitrogens with one attached hydrogen (secondary N) is 1. The van der Waals surface area contributed by atoms with E-state index in [1.165, 1.54) is 11.1 Å². The zero-order chi connectivity index (χ0) is 23.8. The van der Waals surface area contributed by atoms with E-state index in [1.54, 1.807) is 24.5 Å². The second-order valence-corrected chi connectivity index (χ2v) is 7.75. The van der Waals surface area contributed by atoms with Crippen LogP contribution >= 0.6 is 0 Å². The van der Waals surface area contributed by atoms with Crippen LogP contribution in [-0.4, -0.2) is 62.1 Å². The first-order valence-corrected chi connectivity index (χ1v) is 10.1. The summed E-state index contributed by atoms with van der Waals surface area (Å²) in [5.41, 5.74) is 4.16. The molecule has 0 bridgehead atoms. The van der Waals surface area contributed by atoms with Crippen LogP contribution in [0.1, 0.15) is 28.2 Å². The van der Waals surface area contributed by atoms with E-state index in [9.17, 15) is 22.8 Å². The highest BCUT2D eigenvalue weighted by atomic mass is 19.4. The molecule has 1 aliphatic heterocycles. The molecule has 3 aromatic rings. The Kier molecular flexibility index (Phi) is 5.88. The molecule has 0 radical (unpaired) electrons.